The van der Waals surface area contributed by atoms with Crippen LogP contribution in [0.1, 0.15) is 20.8 Å². The van der Waals surface area contributed by atoms with Crippen molar-refractivity contribution >= 4 is 11.6 Å². The zero-order chi connectivity index (χ0) is 6.57. The molecule has 0 aliphatic heterocycles. The molecule has 0 aromatic heterocycles. The molecule has 0 spiro atoms. The van der Waals surface area contributed by atoms with E-state index in [0.717, 1.165) is 10.6 Å². The molecule has 0 bridgehead atoms. The van der Waals surface area contributed by atoms with E-state index in [4.69, 9.17) is 11.6 Å². The monoisotopic (exact) mass is 130 g/mol. The maximum atomic E-state index is 5.71. The van der Waals surface area contributed by atoms with E-state index in [1.165, 1.54) is 0 Å². The van der Waals surface area contributed by atoms with E-state index in [-0.39, 0.29) is 0 Å². The molecule has 0 aliphatic carbocycles. The quantitative estimate of drug-likeness (QED) is 0.479. The highest BCUT2D eigenvalue weighted by molar-refractivity contribution is 6.31. The van der Waals surface area contributed by atoms with Crippen LogP contribution in [-0.2, 0) is 0 Å². The highest BCUT2D eigenvalue weighted by atomic mass is 35.5. The second kappa shape index (κ2) is 3.73. The molecule has 0 heterocycles. The molecule has 46 valence electrons. The van der Waals surface area contributed by atoms with Crippen LogP contribution < -0.4 is 0 Å². The Kier molecular flexibility index (Phi) is 3.63. The van der Waals surface area contributed by atoms with E-state index in [0.29, 0.717) is 0 Å². The second-order valence-electron chi connectivity index (χ2n) is 1.85. The second-order valence-corrected chi connectivity index (χ2v) is 2.26. The molecule has 8 heavy (non-hydrogen) atoms. The van der Waals surface area contributed by atoms with Gasteiger partial charge in [0.25, 0.3) is 0 Å². The minimum Gasteiger partial charge on any atom is -0.0862 e. The molecule has 0 saturated heterocycles. The Hall–Kier alpha value is -0.230. The van der Waals surface area contributed by atoms with Crippen molar-refractivity contribution in [2.24, 2.45) is 0 Å². The van der Waals surface area contributed by atoms with E-state index in [2.05, 4.69) is 0 Å². The van der Waals surface area contributed by atoms with Crippen LogP contribution in [0.4, 0.5) is 0 Å². The Balaban J connectivity index is 4.00. The Morgan fingerprint density at radius 1 is 1.38 bits per heavy atom. The third-order valence-corrected chi connectivity index (χ3v) is 1.29. The summed E-state index contributed by atoms with van der Waals surface area (Å²) in [4.78, 5) is 0. The number of hydrogen-bond donors (Lipinski definition) is 0. The number of rotatable bonds is 1. The maximum Gasteiger partial charge on any atom is 0.0389 e. The van der Waals surface area contributed by atoms with Crippen molar-refractivity contribution in [3.63, 3.8) is 0 Å². The van der Waals surface area contributed by atoms with Crippen molar-refractivity contribution in [3.05, 3.63) is 22.8 Å². The average molecular weight is 131 g/mol. The first-order valence-electron chi connectivity index (χ1n) is 2.64. The van der Waals surface area contributed by atoms with Gasteiger partial charge in [0.1, 0.15) is 0 Å². The van der Waals surface area contributed by atoms with Gasteiger partial charge in [0.2, 0.25) is 0 Å². The summed E-state index contributed by atoms with van der Waals surface area (Å²) in [5.74, 6) is 0. The normalized spacial score (nSPS) is 10.0. The molecule has 0 fully saturated rings. The molecular formula is C7H11Cl. The Morgan fingerprint density at radius 2 is 1.88 bits per heavy atom. The standard InChI is InChI=1S/C7H11Cl/c1-4-5-7(8)6(2)3/h4-5H,1-3H3. The molecule has 0 atom stereocenters. The van der Waals surface area contributed by atoms with Crippen LogP contribution in [0.2, 0.25) is 0 Å². The summed E-state index contributed by atoms with van der Waals surface area (Å²) in [5.41, 5.74) is 1.16. The van der Waals surface area contributed by atoms with E-state index >= 15 is 0 Å². The summed E-state index contributed by atoms with van der Waals surface area (Å²) in [7, 11) is 0. The van der Waals surface area contributed by atoms with E-state index in [1.54, 1.807) is 0 Å². The third kappa shape index (κ3) is 2.86. The lowest BCUT2D eigenvalue weighted by atomic mass is 10.3. The number of hydrogen-bond acceptors (Lipinski definition) is 0. The molecule has 0 N–H and O–H groups in total. The lowest BCUT2D eigenvalue weighted by Gasteiger charge is -1.88. The summed E-state index contributed by atoms with van der Waals surface area (Å²) < 4.78 is 0. The van der Waals surface area contributed by atoms with Gasteiger partial charge in [0.05, 0.1) is 0 Å². The molecule has 0 aromatic rings. The fraction of sp³-hybridized carbons (Fsp3) is 0.429. The molecule has 0 rings (SSSR count). The van der Waals surface area contributed by atoms with Gasteiger partial charge in [-0.05, 0) is 26.8 Å². The first-order valence-corrected chi connectivity index (χ1v) is 3.02. The van der Waals surface area contributed by atoms with Crippen LogP contribution >= 0.6 is 11.6 Å². The van der Waals surface area contributed by atoms with Crippen molar-refractivity contribution in [1.29, 1.82) is 0 Å². The largest absolute Gasteiger partial charge is 0.0862 e. The van der Waals surface area contributed by atoms with Gasteiger partial charge < -0.3 is 0 Å². The van der Waals surface area contributed by atoms with E-state index < -0.39 is 0 Å². The number of halogens is 1. The van der Waals surface area contributed by atoms with Crippen LogP contribution in [0.3, 0.4) is 0 Å². The van der Waals surface area contributed by atoms with E-state index in [9.17, 15) is 0 Å². The maximum absolute atomic E-state index is 5.71. The molecule has 0 aromatic carbocycles. The number of allylic oxidation sites excluding steroid dienone is 4. The van der Waals surface area contributed by atoms with Crippen LogP contribution in [0.15, 0.2) is 22.8 Å². The molecule has 0 unspecified atom stereocenters. The highest BCUT2D eigenvalue weighted by Gasteiger charge is 1.83. The minimum atomic E-state index is 0.840. The Labute approximate surface area is 55.9 Å². The predicted octanol–water partition coefficient (Wildman–Crippen LogP) is 3.10. The predicted molar refractivity (Wildman–Crippen MR) is 39.0 cm³/mol. The van der Waals surface area contributed by atoms with Crippen molar-refractivity contribution in [3.8, 4) is 0 Å². The van der Waals surface area contributed by atoms with Gasteiger partial charge in [-0.2, -0.15) is 0 Å². The Bertz CT molecular complexity index is 116. The molecule has 0 radical (unpaired) electrons. The molecular weight excluding hydrogens is 120 g/mol. The van der Waals surface area contributed by atoms with Gasteiger partial charge >= 0.3 is 0 Å². The van der Waals surface area contributed by atoms with Crippen molar-refractivity contribution in [2.75, 3.05) is 0 Å². The lowest BCUT2D eigenvalue weighted by molar-refractivity contribution is 1.37. The lowest BCUT2D eigenvalue weighted by Crippen LogP contribution is -1.67. The van der Waals surface area contributed by atoms with Gasteiger partial charge in [-0.25, -0.2) is 0 Å². The molecule has 0 amide bonds. The summed E-state index contributed by atoms with van der Waals surface area (Å²) in [6, 6.07) is 0. The van der Waals surface area contributed by atoms with Gasteiger partial charge in [0, 0.05) is 5.03 Å². The first-order chi connectivity index (χ1) is 3.68. The third-order valence-electron chi connectivity index (χ3n) is 0.791. The van der Waals surface area contributed by atoms with E-state index in [1.807, 2.05) is 32.9 Å². The molecule has 0 aliphatic rings. The van der Waals surface area contributed by atoms with Crippen LogP contribution in [0.25, 0.3) is 0 Å². The molecule has 0 saturated carbocycles. The van der Waals surface area contributed by atoms with Crippen molar-refractivity contribution < 1.29 is 0 Å². The van der Waals surface area contributed by atoms with Gasteiger partial charge in [0.15, 0.2) is 0 Å². The topological polar surface area (TPSA) is 0 Å². The van der Waals surface area contributed by atoms with Crippen LogP contribution in [0.5, 0.6) is 0 Å². The summed E-state index contributed by atoms with van der Waals surface area (Å²) in [6.45, 7) is 5.93. The minimum absolute atomic E-state index is 0.840. The van der Waals surface area contributed by atoms with Crippen LogP contribution in [-0.4, -0.2) is 0 Å². The van der Waals surface area contributed by atoms with Gasteiger partial charge in [-0.1, -0.05) is 23.3 Å². The highest BCUT2D eigenvalue weighted by Crippen LogP contribution is 2.08. The smallest absolute Gasteiger partial charge is 0.0389 e. The fourth-order valence-corrected chi connectivity index (χ4v) is 0.439. The first kappa shape index (κ1) is 7.77. The van der Waals surface area contributed by atoms with Gasteiger partial charge in [-0.3, -0.25) is 0 Å². The molecule has 1 heteroatoms. The summed E-state index contributed by atoms with van der Waals surface area (Å²) in [6.07, 6.45) is 3.81. The zero-order valence-electron chi connectivity index (χ0n) is 5.53. The Morgan fingerprint density at radius 3 is 2.00 bits per heavy atom. The van der Waals surface area contributed by atoms with Gasteiger partial charge in [-0.15, -0.1) is 0 Å². The van der Waals surface area contributed by atoms with Crippen LogP contribution in [0, 0.1) is 0 Å². The average Bonchev–Trinajstić information content (AvgIpc) is 1.67. The van der Waals surface area contributed by atoms with Crippen molar-refractivity contribution in [2.45, 2.75) is 20.8 Å². The summed E-state index contributed by atoms with van der Waals surface area (Å²) >= 11 is 5.71. The van der Waals surface area contributed by atoms with Crippen molar-refractivity contribution in [1.82, 2.24) is 0 Å². The fourth-order valence-electron chi connectivity index (χ4n) is 0.313. The zero-order valence-corrected chi connectivity index (χ0v) is 6.29. The SMILES string of the molecule is CC=CC(Cl)=C(C)C. The summed E-state index contributed by atoms with van der Waals surface area (Å²) in [5, 5.41) is 0.840. The molecule has 0 nitrogen and oxygen atoms in total.